The van der Waals surface area contributed by atoms with Crippen molar-refractivity contribution in [2.75, 3.05) is 21.3 Å². The molecular weight excluding hydrogens is 384 g/mol. The molecule has 1 atom stereocenters. The monoisotopic (exact) mass is 412 g/mol. The van der Waals surface area contributed by atoms with Crippen LogP contribution in [0, 0.1) is 22.7 Å². The van der Waals surface area contributed by atoms with Gasteiger partial charge in [-0.1, -0.05) is 20.8 Å². The molecule has 1 heterocycles. The maximum absolute atomic E-state index is 9.75. The fourth-order valence-electron chi connectivity index (χ4n) is 3.83. The molecule has 1 aliphatic rings. The van der Waals surface area contributed by atoms with Gasteiger partial charge in [0, 0.05) is 16.7 Å². The summed E-state index contributed by atoms with van der Waals surface area (Å²) in [6, 6.07) is 6.08. The van der Waals surface area contributed by atoms with Crippen molar-refractivity contribution < 1.29 is 14.2 Å². The number of aliphatic imine (C=N–C) groups is 1. The number of nitrogens with zero attached hydrogens (tertiary/aromatic N) is 2. The van der Waals surface area contributed by atoms with Crippen LogP contribution in [-0.4, -0.2) is 27.5 Å². The Hall–Kier alpha value is -2.52. The minimum absolute atomic E-state index is 0.272. The Bertz CT molecular complexity index is 939. The predicted molar refractivity (Wildman–Crippen MR) is 117 cm³/mol. The summed E-state index contributed by atoms with van der Waals surface area (Å²) in [4.78, 5) is 5.97. The standard InChI is InChI=1S/C23H28N2O3S/c1-23(2,3)15-7-8-16-17(12-24)22(29-20(16)11-15)25-13-14-9-18(26-4)21(28-6)19(10-14)27-5/h9-10,13,15H,7-8,11H2,1-6H3/t15-/m1/s1. The first-order valence-corrected chi connectivity index (χ1v) is 10.5. The summed E-state index contributed by atoms with van der Waals surface area (Å²) in [7, 11) is 4.75. The second kappa shape index (κ2) is 8.46. The normalized spacial score (nSPS) is 16.4. The molecule has 0 unspecified atom stereocenters. The summed E-state index contributed by atoms with van der Waals surface area (Å²) < 4.78 is 16.2. The quantitative estimate of drug-likeness (QED) is 0.604. The van der Waals surface area contributed by atoms with E-state index in [1.807, 2.05) is 12.1 Å². The van der Waals surface area contributed by atoms with Gasteiger partial charge in [0.05, 0.1) is 26.9 Å². The van der Waals surface area contributed by atoms with Crippen LogP contribution in [0.5, 0.6) is 17.2 Å². The Balaban J connectivity index is 1.95. The molecule has 154 valence electrons. The number of fused-ring (bicyclic) bond motifs is 1. The zero-order valence-electron chi connectivity index (χ0n) is 18.0. The SMILES string of the molecule is COc1cc(C=Nc2sc3c(c2C#N)CC[C@@H](C(C)(C)C)C3)cc(OC)c1OC. The molecule has 0 fully saturated rings. The van der Waals surface area contributed by atoms with E-state index in [1.54, 1.807) is 38.9 Å². The highest BCUT2D eigenvalue weighted by Gasteiger charge is 2.32. The van der Waals surface area contributed by atoms with Crippen molar-refractivity contribution >= 4 is 22.6 Å². The predicted octanol–water partition coefficient (Wildman–Crippen LogP) is 5.55. The lowest BCUT2D eigenvalue weighted by molar-refractivity contribution is 0.218. The number of benzene rings is 1. The smallest absolute Gasteiger partial charge is 0.203 e. The van der Waals surface area contributed by atoms with Gasteiger partial charge in [0.2, 0.25) is 5.75 Å². The minimum Gasteiger partial charge on any atom is -0.493 e. The highest BCUT2D eigenvalue weighted by Crippen LogP contribution is 2.45. The van der Waals surface area contributed by atoms with Crippen LogP contribution >= 0.6 is 11.3 Å². The second-order valence-electron chi connectivity index (χ2n) is 8.32. The van der Waals surface area contributed by atoms with Crippen molar-refractivity contribution in [1.29, 1.82) is 5.26 Å². The number of methoxy groups -OCH3 is 3. The minimum atomic E-state index is 0.272. The number of rotatable bonds is 5. The third-order valence-corrected chi connectivity index (χ3v) is 6.76. The number of thiophene rings is 1. The van der Waals surface area contributed by atoms with Crippen molar-refractivity contribution in [2.45, 2.75) is 40.0 Å². The number of hydrogen-bond donors (Lipinski definition) is 0. The Morgan fingerprint density at radius 2 is 1.79 bits per heavy atom. The van der Waals surface area contributed by atoms with Gasteiger partial charge in [0.15, 0.2) is 11.5 Å². The molecule has 1 aromatic heterocycles. The van der Waals surface area contributed by atoms with E-state index < -0.39 is 0 Å². The van der Waals surface area contributed by atoms with E-state index >= 15 is 0 Å². The zero-order chi connectivity index (χ0) is 21.2. The van der Waals surface area contributed by atoms with E-state index in [-0.39, 0.29) is 5.41 Å². The maximum Gasteiger partial charge on any atom is 0.203 e. The van der Waals surface area contributed by atoms with Gasteiger partial charge in [-0.3, -0.25) is 0 Å². The molecule has 5 nitrogen and oxygen atoms in total. The van der Waals surface area contributed by atoms with Gasteiger partial charge in [-0.2, -0.15) is 5.26 Å². The third kappa shape index (κ3) is 4.25. The lowest BCUT2D eigenvalue weighted by Crippen LogP contribution is -2.26. The summed E-state index contributed by atoms with van der Waals surface area (Å²) in [5, 5.41) is 10.5. The molecule has 0 bridgehead atoms. The summed E-state index contributed by atoms with van der Waals surface area (Å²) in [5.41, 5.74) is 3.01. The van der Waals surface area contributed by atoms with E-state index in [4.69, 9.17) is 14.2 Å². The van der Waals surface area contributed by atoms with Crippen molar-refractivity contribution in [3.63, 3.8) is 0 Å². The van der Waals surface area contributed by atoms with Gasteiger partial charge in [0.25, 0.3) is 0 Å². The van der Waals surface area contributed by atoms with Crippen LogP contribution in [0.1, 0.15) is 48.8 Å². The van der Waals surface area contributed by atoms with Gasteiger partial charge in [-0.25, -0.2) is 4.99 Å². The van der Waals surface area contributed by atoms with Crippen LogP contribution in [0.25, 0.3) is 0 Å². The first-order valence-electron chi connectivity index (χ1n) is 9.71. The van der Waals surface area contributed by atoms with Gasteiger partial charge in [0.1, 0.15) is 11.1 Å². The lowest BCUT2D eigenvalue weighted by Gasteiger charge is -2.33. The van der Waals surface area contributed by atoms with E-state index in [2.05, 4.69) is 31.8 Å². The van der Waals surface area contributed by atoms with Crippen LogP contribution in [-0.2, 0) is 12.8 Å². The molecule has 0 radical (unpaired) electrons. The summed E-state index contributed by atoms with van der Waals surface area (Å²) in [5.74, 6) is 2.33. The van der Waals surface area contributed by atoms with Crippen LogP contribution < -0.4 is 14.2 Å². The van der Waals surface area contributed by atoms with E-state index in [0.29, 0.717) is 23.2 Å². The van der Waals surface area contributed by atoms with Crippen molar-refractivity contribution in [3.05, 3.63) is 33.7 Å². The number of ether oxygens (including phenoxy) is 3. The molecule has 0 spiro atoms. The average molecular weight is 413 g/mol. The highest BCUT2D eigenvalue weighted by atomic mass is 32.1. The van der Waals surface area contributed by atoms with Crippen LogP contribution in [0.15, 0.2) is 17.1 Å². The van der Waals surface area contributed by atoms with Gasteiger partial charge >= 0.3 is 0 Å². The zero-order valence-corrected chi connectivity index (χ0v) is 18.8. The van der Waals surface area contributed by atoms with Crippen molar-refractivity contribution in [2.24, 2.45) is 16.3 Å². The molecular formula is C23H28N2O3S. The molecule has 2 aromatic rings. The Kier molecular flexibility index (Phi) is 6.18. The molecule has 0 aliphatic heterocycles. The molecule has 0 saturated carbocycles. The number of hydrogen-bond acceptors (Lipinski definition) is 6. The van der Waals surface area contributed by atoms with Crippen LogP contribution in [0.2, 0.25) is 0 Å². The summed E-state index contributed by atoms with van der Waals surface area (Å²) >= 11 is 1.65. The average Bonchev–Trinajstić information content (AvgIpc) is 3.07. The van der Waals surface area contributed by atoms with E-state index in [1.165, 1.54) is 10.4 Å². The van der Waals surface area contributed by atoms with Crippen molar-refractivity contribution in [3.8, 4) is 23.3 Å². The van der Waals surface area contributed by atoms with Gasteiger partial charge < -0.3 is 14.2 Å². The maximum atomic E-state index is 9.75. The van der Waals surface area contributed by atoms with Crippen LogP contribution in [0.3, 0.4) is 0 Å². The molecule has 29 heavy (non-hydrogen) atoms. The lowest BCUT2D eigenvalue weighted by atomic mass is 9.72. The van der Waals surface area contributed by atoms with Crippen LogP contribution in [0.4, 0.5) is 5.00 Å². The molecule has 6 heteroatoms. The van der Waals surface area contributed by atoms with E-state index in [9.17, 15) is 5.26 Å². The molecule has 1 aromatic carbocycles. The largest absolute Gasteiger partial charge is 0.493 e. The first kappa shape index (κ1) is 21.2. The molecule has 3 rings (SSSR count). The Labute approximate surface area is 176 Å². The van der Waals surface area contributed by atoms with E-state index in [0.717, 1.165) is 35.4 Å². The fourth-order valence-corrected chi connectivity index (χ4v) is 5.05. The molecule has 0 N–H and O–H groups in total. The van der Waals surface area contributed by atoms with Gasteiger partial charge in [-0.15, -0.1) is 11.3 Å². The number of nitriles is 1. The highest BCUT2D eigenvalue weighted by molar-refractivity contribution is 7.16. The first-order chi connectivity index (χ1) is 13.8. The van der Waals surface area contributed by atoms with Gasteiger partial charge in [-0.05, 0) is 48.3 Å². The fraction of sp³-hybridized carbons (Fsp3) is 0.478. The summed E-state index contributed by atoms with van der Waals surface area (Å²) in [6.07, 6.45) is 4.86. The third-order valence-electron chi connectivity index (χ3n) is 5.60. The summed E-state index contributed by atoms with van der Waals surface area (Å²) in [6.45, 7) is 6.89. The topological polar surface area (TPSA) is 63.8 Å². The Morgan fingerprint density at radius 3 is 2.31 bits per heavy atom. The molecule has 1 aliphatic carbocycles. The second-order valence-corrected chi connectivity index (χ2v) is 9.40. The Morgan fingerprint density at radius 1 is 1.14 bits per heavy atom. The van der Waals surface area contributed by atoms with Crippen molar-refractivity contribution in [1.82, 2.24) is 0 Å². The molecule has 0 amide bonds. The molecule has 0 saturated heterocycles.